The average molecular weight is 246 g/mol. The van der Waals surface area contributed by atoms with Crippen molar-refractivity contribution in [2.45, 2.75) is 6.42 Å². The van der Waals surface area contributed by atoms with Crippen LogP contribution in [0.1, 0.15) is 27.1 Å². The van der Waals surface area contributed by atoms with Gasteiger partial charge in [-0.3, -0.25) is 14.5 Å². The fourth-order valence-corrected chi connectivity index (χ4v) is 2.15. The Balaban J connectivity index is 2.06. The molecule has 86 valence electrons. The molecular weight excluding hydrogens is 236 g/mol. The molecule has 2 rings (SSSR count). The molecule has 0 saturated carbocycles. The third kappa shape index (κ3) is 2.17. The van der Waals surface area contributed by atoms with E-state index in [1.54, 1.807) is 24.3 Å². The Kier molecular flexibility index (Phi) is 3.45. The summed E-state index contributed by atoms with van der Waals surface area (Å²) in [6, 6.07) is 6.83. The van der Waals surface area contributed by atoms with Crippen LogP contribution in [0.25, 0.3) is 0 Å². The third-order valence-corrected chi connectivity index (χ3v) is 3.19. The van der Waals surface area contributed by atoms with Crippen LogP contribution in [0.15, 0.2) is 24.3 Å². The Morgan fingerprint density at radius 1 is 1.18 bits per heavy atom. The molecule has 1 aromatic carbocycles. The van der Waals surface area contributed by atoms with Gasteiger partial charge in [-0.25, -0.2) is 0 Å². The van der Waals surface area contributed by atoms with Gasteiger partial charge < -0.3 is 0 Å². The van der Waals surface area contributed by atoms with Gasteiger partial charge in [0.25, 0.3) is 11.8 Å². The molecule has 1 aliphatic heterocycles. The molecule has 0 N–H and O–H groups in total. The number of nitrogens with zero attached hydrogens (tertiary/aromatic N) is 2. The lowest BCUT2D eigenvalue weighted by Gasteiger charge is -2.12. The molecule has 0 fully saturated rings. The summed E-state index contributed by atoms with van der Waals surface area (Å²) in [4.78, 5) is 25.1. The molecule has 5 heteroatoms. The smallest absolute Gasteiger partial charge is 0.261 e. The van der Waals surface area contributed by atoms with E-state index in [1.165, 1.54) is 4.90 Å². The predicted octanol–water partition coefficient (Wildman–Crippen LogP) is 1.89. The van der Waals surface area contributed by atoms with Crippen molar-refractivity contribution in [3.63, 3.8) is 0 Å². The summed E-state index contributed by atoms with van der Waals surface area (Å²) >= 11 is 1.13. The number of benzene rings is 1. The quantitative estimate of drug-likeness (QED) is 0.462. The van der Waals surface area contributed by atoms with Gasteiger partial charge in [-0.15, -0.1) is 0 Å². The highest BCUT2D eigenvalue weighted by molar-refractivity contribution is 8.03. The van der Waals surface area contributed by atoms with Gasteiger partial charge in [-0.05, 0) is 30.3 Å². The van der Waals surface area contributed by atoms with Crippen molar-refractivity contribution in [1.82, 2.24) is 4.90 Å². The van der Waals surface area contributed by atoms with Gasteiger partial charge in [0.05, 0.1) is 11.1 Å². The molecule has 1 aromatic rings. The molecule has 0 bridgehead atoms. The summed E-state index contributed by atoms with van der Waals surface area (Å²) in [7, 11) is 0. The van der Waals surface area contributed by atoms with E-state index in [2.05, 4.69) is 0 Å². The van der Waals surface area contributed by atoms with Crippen molar-refractivity contribution in [3.8, 4) is 5.40 Å². The molecule has 1 heterocycles. The number of imide groups is 1. The number of thiocyanates is 1. The largest absolute Gasteiger partial charge is 0.274 e. The third-order valence-electron chi connectivity index (χ3n) is 2.57. The fourth-order valence-electron chi connectivity index (χ4n) is 1.78. The maximum absolute atomic E-state index is 11.9. The van der Waals surface area contributed by atoms with E-state index in [0.717, 1.165) is 11.8 Å². The van der Waals surface area contributed by atoms with Crippen molar-refractivity contribution < 1.29 is 9.59 Å². The number of amides is 2. The summed E-state index contributed by atoms with van der Waals surface area (Å²) in [5.74, 6) is 0.171. The second-order valence-electron chi connectivity index (χ2n) is 3.60. The van der Waals surface area contributed by atoms with Gasteiger partial charge in [-0.2, -0.15) is 5.26 Å². The minimum atomic E-state index is -0.229. The Hall–Kier alpha value is -1.80. The van der Waals surface area contributed by atoms with Crippen LogP contribution in [0.5, 0.6) is 0 Å². The molecule has 2 amide bonds. The standard InChI is InChI=1S/C12H10N2O2S/c13-8-17-7-3-6-14-11(15)9-4-1-2-5-10(9)12(14)16/h1-2,4-5H,3,6-7H2. The molecule has 0 radical (unpaired) electrons. The van der Waals surface area contributed by atoms with Gasteiger partial charge in [0, 0.05) is 12.3 Å². The van der Waals surface area contributed by atoms with Gasteiger partial charge in [0.1, 0.15) is 5.40 Å². The van der Waals surface area contributed by atoms with E-state index in [4.69, 9.17) is 5.26 Å². The maximum Gasteiger partial charge on any atom is 0.261 e. The summed E-state index contributed by atoms with van der Waals surface area (Å²) in [5.41, 5.74) is 0.955. The second kappa shape index (κ2) is 5.02. The lowest BCUT2D eigenvalue weighted by molar-refractivity contribution is 0.0655. The monoisotopic (exact) mass is 246 g/mol. The molecule has 17 heavy (non-hydrogen) atoms. The normalized spacial score (nSPS) is 13.7. The first-order chi connectivity index (χ1) is 8.25. The molecule has 0 saturated heterocycles. The zero-order chi connectivity index (χ0) is 12.3. The first kappa shape index (κ1) is 11.7. The minimum absolute atomic E-state index is 0.229. The van der Waals surface area contributed by atoms with Crippen LogP contribution < -0.4 is 0 Å². The number of hydrogen-bond donors (Lipinski definition) is 0. The van der Waals surface area contributed by atoms with E-state index in [9.17, 15) is 9.59 Å². The lowest BCUT2D eigenvalue weighted by Crippen LogP contribution is -2.30. The van der Waals surface area contributed by atoms with Crippen LogP contribution >= 0.6 is 11.8 Å². The summed E-state index contributed by atoms with van der Waals surface area (Å²) in [6.45, 7) is 0.376. The number of carbonyl (C=O) groups excluding carboxylic acids is 2. The van der Waals surface area contributed by atoms with Crippen LogP contribution in [0.2, 0.25) is 0 Å². The number of rotatable bonds is 4. The van der Waals surface area contributed by atoms with Crippen molar-refractivity contribution in [2.24, 2.45) is 0 Å². The Bertz CT molecular complexity index is 472. The SMILES string of the molecule is N#CSCCCN1C(=O)c2ccccc2C1=O. The first-order valence-electron chi connectivity index (χ1n) is 5.22. The summed E-state index contributed by atoms with van der Waals surface area (Å²) in [5, 5.41) is 10.3. The van der Waals surface area contributed by atoms with Crippen molar-refractivity contribution in [3.05, 3.63) is 35.4 Å². The zero-order valence-corrected chi connectivity index (χ0v) is 9.87. The topological polar surface area (TPSA) is 61.2 Å². The fraction of sp³-hybridized carbons (Fsp3) is 0.250. The zero-order valence-electron chi connectivity index (χ0n) is 9.05. The Labute approximate surface area is 103 Å². The lowest BCUT2D eigenvalue weighted by atomic mass is 10.1. The Morgan fingerprint density at radius 2 is 1.76 bits per heavy atom. The maximum atomic E-state index is 11.9. The molecule has 0 aromatic heterocycles. The number of thioether (sulfide) groups is 1. The molecule has 0 unspecified atom stereocenters. The molecular formula is C12H10N2O2S. The van der Waals surface area contributed by atoms with Crippen molar-refractivity contribution >= 4 is 23.6 Å². The first-order valence-corrected chi connectivity index (χ1v) is 6.20. The van der Waals surface area contributed by atoms with E-state index in [1.807, 2.05) is 5.40 Å². The van der Waals surface area contributed by atoms with Crippen LogP contribution in [0.3, 0.4) is 0 Å². The molecule has 4 nitrogen and oxygen atoms in total. The van der Waals surface area contributed by atoms with Crippen molar-refractivity contribution in [1.29, 1.82) is 5.26 Å². The molecule has 0 atom stereocenters. The van der Waals surface area contributed by atoms with E-state index >= 15 is 0 Å². The molecule has 1 aliphatic rings. The highest BCUT2D eigenvalue weighted by atomic mass is 32.2. The van der Waals surface area contributed by atoms with Crippen LogP contribution in [0, 0.1) is 10.7 Å². The summed E-state index contributed by atoms with van der Waals surface area (Å²) in [6.07, 6.45) is 0.643. The number of fused-ring (bicyclic) bond motifs is 1. The second-order valence-corrected chi connectivity index (χ2v) is 4.48. The van der Waals surface area contributed by atoms with Crippen molar-refractivity contribution in [2.75, 3.05) is 12.3 Å². The van der Waals surface area contributed by atoms with E-state index < -0.39 is 0 Å². The van der Waals surface area contributed by atoms with E-state index in [0.29, 0.717) is 29.8 Å². The Morgan fingerprint density at radius 3 is 2.29 bits per heavy atom. The molecule has 0 spiro atoms. The number of carbonyl (C=O) groups is 2. The number of hydrogen-bond acceptors (Lipinski definition) is 4. The van der Waals surface area contributed by atoms with Gasteiger partial charge in [0.2, 0.25) is 0 Å². The summed E-state index contributed by atoms with van der Waals surface area (Å²) < 4.78 is 0. The van der Waals surface area contributed by atoms with Gasteiger partial charge in [0.15, 0.2) is 0 Å². The van der Waals surface area contributed by atoms with Gasteiger partial charge in [-0.1, -0.05) is 12.1 Å². The molecule has 0 aliphatic carbocycles. The number of nitriles is 1. The van der Waals surface area contributed by atoms with Gasteiger partial charge >= 0.3 is 0 Å². The van der Waals surface area contributed by atoms with Crippen LogP contribution in [-0.2, 0) is 0 Å². The highest BCUT2D eigenvalue weighted by Crippen LogP contribution is 2.22. The van der Waals surface area contributed by atoms with E-state index in [-0.39, 0.29) is 11.8 Å². The van der Waals surface area contributed by atoms with Crippen LogP contribution in [0.4, 0.5) is 0 Å². The highest BCUT2D eigenvalue weighted by Gasteiger charge is 2.34. The predicted molar refractivity (Wildman–Crippen MR) is 64.5 cm³/mol. The minimum Gasteiger partial charge on any atom is -0.274 e. The van der Waals surface area contributed by atoms with Crippen LogP contribution in [-0.4, -0.2) is 29.0 Å². The average Bonchev–Trinajstić information content (AvgIpc) is 2.60.